The second kappa shape index (κ2) is 20.5. The van der Waals surface area contributed by atoms with Gasteiger partial charge in [0.05, 0.1) is 25.3 Å². The zero-order valence-corrected chi connectivity index (χ0v) is 40.4. The Morgan fingerprint density at radius 3 is 2.50 bits per heavy atom. The molecule has 0 aromatic heterocycles. The minimum absolute atomic E-state index is 0.0542. The molecule has 0 spiro atoms. The molecule has 3 heterocycles. The first-order valence-electron chi connectivity index (χ1n) is 20.8. The molecule has 2 N–H and O–H groups in total. The van der Waals surface area contributed by atoms with Crippen molar-refractivity contribution >= 4 is 68.9 Å². The highest BCUT2D eigenvalue weighted by Gasteiger charge is 2.64. The Morgan fingerprint density at radius 2 is 1.85 bits per heavy atom. The van der Waals surface area contributed by atoms with E-state index in [1.54, 1.807) is 64.0 Å². The fourth-order valence-corrected chi connectivity index (χ4v) is 9.56. The topological polar surface area (TPSA) is 156 Å². The van der Waals surface area contributed by atoms with E-state index in [2.05, 4.69) is 59.4 Å². The third-order valence-electron chi connectivity index (χ3n) is 12.3. The van der Waals surface area contributed by atoms with Crippen LogP contribution in [0.15, 0.2) is 60.2 Å². The first-order valence-corrected chi connectivity index (χ1v) is 23.3. The van der Waals surface area contributed by atoms with Crippen LogP contribution < -0.4 is 15.0 Å². The Morgan fingerprint density at radius 1 is 1.18 bits per heavy atom. The second-order valence-corrected chi connectivity index (χ2v) is 20.0. The first kappa shape index (κ1) is 49.4. The molecule has 3 aliphatic rings. The molecule has 0 saturated carbocycles. The SMILES string of the molecule is COc1cc2cc(c1Cl)N(C)C(=O)C[C@H](OC(=O)[C@H](C)N(C)C(=O)CCC(C)(C)SCc1ccc(CBr)cc1)[C@]1(C)O[C@H]1[C@H](C)[C@@H]1C[C@@](O)(NC(=O)O1)[C@H](OC)/C=C/C=C(\C)C2. The number of epoxide rings is 1. The van der Waals surface area contributed by atoms with E-state index in [0.717, 1.165) is 22.2 Å². The molecule has 3 aliphatic heterocycles. The van der Waals surface area contributed by atoms with Gasteiger partial charge in [0.2, 0.25) is 11.8 Å². The van der Waals surface area contributed by atoms with Gasteiger partial charge >= 0.3 is 12.1 Å². The number of ether oxygens (including phenoxy) is 5. The van der Waals surface area contributed by atoms with Crippen LogP contribution >= 0.6 is 39.3 Å². The molecule has 5 rings (SSSR count). The van der Waals surface area contributed by atoms with Gasteiger partial charge in [0.25, 0.3) is 0 Å². The lowest BCUT2D eigenvalue weighted by molar-refractivity contribution is -0.162. The number of thioether (sulfide) groups is 1. The monoisotopic (exact) mass is 961 g/mol. The zero-order chi connectivity index (χ0) is 45.7. The standard InChI is InChI=1S/C46H61BrClN3O10S/c1-27-12-11-13-36(58-10)46(56)24-35(59-43(55)49-46)28(2)41-45(6,61-41)37(23-39(53)51(8)33-21-32(20-27)22-34(57-9)40(33)48)60-42(54)29(3)50(7)38(52)18-19-44(4,5)62-26-31-16-14-30(25-47)15-17-31/h11-17,21-22,28-29,35-37,41,56H,18-20,23-26H2,1-10H3,(H,49,55)/b13-11+,27-12+/t28-,29+,35+,36-,37+,41+,45+,46+/m1/s1. The summed E-state index contributed by atoms with van der Waals surface area (Å²) in [5, 5.41) is 15.4. The number of likely N-dealkylation sites (N-methyl/N-ethyl adjacent to an activating group) is 1. The number of anilines is 1. The van der Waals surface area contributed by atoms with Crippen molar-refractivity contribution in [3.8, 4) is 5.75 Å². The molecule has 8 atom stereocenters. The molecule has 0 radical (unpaired) electrons. The summed E-state index contributed by atoms with van der Waals surface area (Å²) >= 11 is 12.1. The third-order valence-corrected chi connectivity index (χ3v) is 14.8. The van der Waals surface area contributed by atoms with Gasteiger partial charge in [-0.1, -0.05) is 96.4 Å². The number of hydrogen-bond donors (Lipinski definition) is 2. The summed E-state index contributed by atoms with van der Waals surface area (Å²) in [6, 6.07) is 11.0. The number of alkyl halides is 1. The van der Waals surface area contributed by atoms with Gasteiger partial charge in [-0.15, -0.1) is 0 Å². The van der Waals surface area contributed by atoms with Gasteiger partial charge in [-0.2, -0.15) is 11.8 Å². The van der Waals surface area contributed by atoms with Crippen molar-refractivity contribution in [2.24, 2.45) is 5.92 Å². The lowest BCUT2D eigenvalue weighted by Gasteiger charge is -2.42. The van der Waals surface area contributed by atoms with Crippen LogP contribution in [0.2, 0.25) is 5.02 Å². The van der Waals surface area contributed by atoms with E-state index < -0.39 is 65.7 Å². The number of aliphatic hydroxyl groups is 1. The molecule has 13 nitrogen and oxygen atoms in total. The minimum Gasteiger partial charge on any atom is -0.495 e. The molecule has 2 aromatic rings. The number of benzene rings is 2. The number of fused-ring (bicyclic) bond motifs is 5. The average molecular weight is 963 g/mol. The number of methoxy groups -OCH3 is 2. The molecular weight excluding hydrogens is 902 g/mol. The van der Waals surface area contributed by atoms with Crippen LogP contribution in [0.25, 0.3) is 0 Å². The van der Waals surface area contributed by atoms with E-state index in [1.807, 2.05) is 19.9 Å². The maximum absolute atomic E-state index is 14.3. The van der Waals surface area contributed by atoms with E-state index in [4.69, 9.17) is 35.3 Å². The Kier molecular flexibility index (Phi) is 16.3. The summed E-state index contributed by atoms with van der Waals surface area (Å²) in [6.07, 6.45) is 1.70. The number of amides is 3. The predicted octanol–water partition coefficient (Wildman–Crippen LogP) is 7.90. The smallest absolute Gasteiger partial charge is 0.409 e. The molecule has 3 amide bonds. The van der Waals surface area contributed by atoms with E-state index in [0.29, 0.717) is 24.3 Å². The quantitative estimate of drug-likeness (QED) is 0.121. The molecule has 0 unspecified atom stereocenters. The number of alkyl carbamates (subject to hydrolysis) is 1. The number of nitrogens with one attached hydrogen (secondary N) is 1. The lowest BCUT2D eigenvalue weighted by atomic mass is 9.83. The van der Waals surface area contributed by atoms with Crippen LogP contribution in [0, 0.1) is 5.92 Å². The van der Waals surface area contributed by atoms with Crippen molar-refractivity contribution in [3.05, 3.63) is 81.9 Å². The zero-order valence-electron chi connectivity index (χ0n) is 37.3. The fraction of sp³-hybridized carbons (Fsp3) is 0.565. The van der Waals surface area contributed by atoms with Crippen LogP contribution in [0.5, 0.6) is 5.75 Å². The highest BCUT2D eigenvalue weighted by molar-refractivity contribution is 9.08. The molecule has 16 heteroatoms. The van der Waals surface area contributed by atoms with Crippen molar-refractivity contribution in [1.82, 2.24) is 10.2 Å². The van der Waals surface area contributed by atoms with Gasteiger partial charge < -0.3 is 38.6 Å². The normalized spacial score (nSPS) is 28.6. The largest absolute Gasteiger partial charge is 0.495 e. The Hall–Kier alpha value is -3.60. The van der Waals surface area contributed by atoms with Crippen molar-refractivity contribution in [3.63, 3.8) is 0 Å². The van der Waals surface area contributed by atoms with Crippen LogP contribution in [0.4, 0.5) is 10.5 Å². The van der Waals surface area contributed by atoms with Crippen molar-refractivity contribution in [1.29, 1.82) is 0 Å². The number of esters is 1. The van der Waals surface area contributed by atoms with E-state index in [-0.39, 0.29) is 34.9 Å². The van der Waals surface area contributed by atoms with Crippen molar-refractivity contribution in [2.45, 2.75) is 131 Å². The number of allylic oxidation sites excluding steroid dienone is 3. The highest BCUT2D eigenvalue weighted by atomic mass is 79.9. The lowest BCUT2D eigenvalue weighted by Crippen LogP contribution is -2.63. The summed E-state index contributed by atoms with van der Waals surface area (Å²) in [5.41, 5.74) is 1.47. The Balaban J connectivity index is 1.39. The number of nitrogens with zero attached hydrogens (tertiary/aromatic N) is 2. The summed E-state index contributed by atoms with van der Waals surface area (Å²) in [6.45, 7) is 11.3. The summed E-state index contributed by atoms with van der Waals surface area (Å²) in [7, 11) is 6.09. The highest BCUT2D eigenvalue weighted by Crippen LogP contribution is 2.49. The average Bonchev–Trinajstić information content (AvgIpc) is 3.94. The minimum atomic E-state index is -1.84. The van der Waals surface area contributed by atoms with Crippen LogP contribution in [0.3, 0.4) is 0 Å². The van der Waals surface area contributed by atoms with Crippen molar-refractivity contribution < 1.29 is 48.0 Å². The van der Waals surface area contributed by atoms with Gasteiger partial charge in [0.15, 0.2) is 5.72 Å². The molecule has 4 bridgehead atoms. The molecular formula is C46H61BrClN3O10S. The Bertz CT molecular complexity index is 2030. The summed E-state index contributed by atoms with van der Waals surface area (Å²) in [5.74, 6) is -0.738. The van der Waals surface area contributed by atoms with Gasteiger partial charge in [-0.05, 0) is 62.4 Å². The predicted molar refractivity (Wildman–Crippen MR) is 245 cm³/mol. The van der Waals surface area contributed by atoms with Gasteiger partial charge in [-0.25, -0.2) is 9.59 Å². The second-order valence-electron chi connectivity index (χ2n) is 17.4. The number of hydrogen-bond acceptors (Lipinski definition) is 11. The third kappa shape index (κ3) is 11.7. The van der Waals surface area contributed by atoms with E-state index in [1.165, 1.54) is 35.1 Å². The summed E-state index contributed by atoms with van der Waals surface area (Å²) in [4.78, 5) is 57.7. The molecule has 2 fully saturated rings. The van der Waals surface area contributed by atoms with E-state index >= 15 is 0 Å². The number of carbonyl (C=O) groups excluding carboxylic acids is 4. The molecule has 0 aliphatic carbocycles. The van der Waals surface area contributed by atoms with Crippen LogP contribution in [0.1, 0.15) is 83.9 Å². The molecule has 2 saturated heterocycles. The number of rotatable bonds is 12. The Labute approximate surface area is 383 Å². The van der Waals surface area contributed by atoms with Gasteiger partial charge in [-0.3, -0.25) is 14.9 Å². The number of carbonyl (C=O) groups is 4. The first-order chi connectivity index (χ1) is 29.1. The van der Waals surface area contributed by atoms with E-state index in [9.17, 15) is 24.3 Å². The maximum atomic E-state index is 14.3. The maximum Gasteiger partial charge on any atom is 0.409 e. The number of halogens is 2. The van der Waals surface area contributed by atoms with Crippen molar-refractivity contribution in [2.75, 3.05) is 33.2 Å². The molecule has 62 heavy (non-hydrogen) atoms. The van der Waals surface area contributed by atoms with Gasteiger partial charge in [0.1, 0.15) is 40.7 Å². The fourth-order valence-electron chi connectivity index (χ4n) is 7.88. The van der Waals surface area contributed by atoms with Crippen LogP contribution in [-0.4, -0.2) is 109 Å². The van der Waals surface area contributed by atoms with Crippen LogP contribution in [-0.2, 0) is 50.8 Å². The molecule has 2 aromatic carbocycles. The van der Waals surface area contributed by atoms with Gasteiger partial charge in [0, 0.05) is 55.8 Å². The summed E-state index contributed by atoms with van der Waals surface area (Å²) < 4.78 is 29.3. The molecule has 340 valence electrons.